The Hall–Kier alpha value is -2.93. The van der Waals surface area contributed by atoms with Crippen molar-refractivity contribution < 1.29 is 0 Å². The summed E-state index contributed by atoms with van der Waals surface area (Å²) >= 11 is 1.54. The number of fused-ring (bicyclic) bond motifs is 2. The second-order valence-corrected chi connectivity index (χ2v) is 7.10. The number of nitrogens with zero attached hydrogens (tertiary/aromatic N) is 5. The Morgan fingerprint density at radius 1 is 1.24 bits per heavy atom. The van der Waals surface area contributed by atoms with E-state index in [0.717, 1.165) is 40.0 Å². The number of hydrogen-bond donors (Lipinski definition) is 1. The van der Waals surface area contributed by atoms with E-state index in [1.165, 1.54) is 22.6 Å². The zero-order valence-electron chi connectivity index (χ0n) is 13.7. The van der Waals surface area contributed by atoms with Crippen LogP contribution in [0.5, 0.6) is 0 Å². The van der Waals surface area contributed by atoms with Crippen LogP contribution >= 0.6 is 11.3 Å². The molecule has 3 aromatic heterocycles. The minimum absolute atomic E-state index is 0.834. The SMILES string of the molecule is CN1CCc2ccc(Nc3nn4cc(-c5cccnc5)nc4s3)cc21. The fourth-order valence-corrected chi connectivity index (χ4v) is 3.95. The predicted octanol–water partition coefficient (Wildman–Crippen LogP) is 3.59. The zero-order valence-corrected chi connectivity index (χ0v) is 14.5. The summed E-state index contributed by atoms with van der Waals surface area (Å²) in [6, 6.07) is 10.4. The number of pyridine rings is 1. The van der Waals surface area contributed by atoms with E-state index in [1.807, 2.05) is 29.0 Å². The van der Waals surface area contributed by atoms with Gasteiger partial charge in [0.2, 0.25) is 10.1 Å². The average Bonchev–Trinajstić information content (AvgIpc) is 3.30. The van der Waals surface area contributed by atoms with Gasteiger partial charge in [-0.15, -0.1) is 5.10 Å². The number of aromatic nitrogens is 4. The molecule has 1 aromatic carbocycles. The van der Waals surface area contributed by atoms with Crippen LogP contribution in [-0.2, 0) is 6.42 Å². The molecule has 124 valence electrons. The van der Waals surface area contributed by atoms with Crippen LogP contribution < -0.4 is 10.2 Å². The van der Waals surface area contributed by atoms with Crippen LogP contribution in [0, 0.1) is 0 Å². The molecule has 25 heavy (non-hydrogen) atoms. The van der Waals surface area contributed by atoms with Gasteiger partial charge in [-0.05, 0) is 36.2 Å². The first kappa shape index (κ1) is 14.4. The molecule has 0 aliphatic carbocycles. The van der Waals surface area contributed by atoms with Crippen molar-refractivity contribution in [1.82, 2.24) is 19.6 Å². The maximum atomic E-state index is 4.65. The lowest BCUT2D eigenvalue weighted by atomic mass is 10.1. The van der Waals surface area contributed by atoms with E-state index >= 15 is 0 Å². The molecule has 4 aromatic rings. The molecule has 1 aliphatic rings. The summed E-state index contributed by atoms with van der Waals surface area (Å²) in [7, 11) is 2.13. The minimum atomic E-state index is 0.834. The third-order valence-electron chi connectivity index (χ3n) is 4.46. The molecule has 6 nitrogen and oxygen atoms in total. The van der Waals surface area contributed by atoms with Gasteiger partial charge in [0.05, 0.1) is 11.9 Å². The monoisotopic (exact) mass is 348 g/mol. The van der Waals surface area contributed by atoms with Gasteiger partial charge in [0.25, 0.3) is 0 Å². The van der Waals surface area contributed by atoms with Crippen molar-refractivity contribution in [3.63, 3.8) is 0 Å². The van der Waals surface area contributed by atoms with Crippen molar-refractivity contribution in [2.45, 2.75) is 6.42 Å². The van der Waals surface area contributed by atoms with Gasteiger partial charge in [0.15, 0.2) is 0 Å². The Labute approximate surface area is 148 Å². The van der Waals surface area contributed by atoms with Gasteiger partial charge < -0.3 is 10.2 Å². The Balaban J connectivity index is 1.43. The highest BCUT2D eigenvalue weighted by atomic mass is 32.1. The van der Waals surface area contributed by atoms with Crippen LogP contribution in [0.25, 0.3) is 16.2 Å². The van der Waals surface area contributed by atoms with Crippen LogP contribution in [0.3, 0.4) is 0 Å². The summed E-state index contributed by atoms with van der Waals surface area (Å²) in [6.45, 7) is 1.08. The summed E-state index contributed by atoms with van der Waals surface area (Å²) in [5.41, 5.74) is 5.64. The number of benzene rings is 1. The smallest absolute Gasteiger partial charge is 0.214 e. The predicted molar refractivity (Wildman–Crippen MR) is 101 cm³/mol. The molecule has 0 unspecified atom stereocenters. The molecule has 0 saturated heterocycles. The van der Waals surface area contributed by atoms with Crippen molar-refractivity contribution in [3.8, 4) is 11.3 Å². The molecule has 0 fully saturated rings. The van der Waals surface area contributed by atoms with E-state index in [9.17, 15) is 0 Å². The van der Waals surface area contributed by atoms with E-state index in [2.05, 4.69) is 50.5 Å². The van der Waals surface area contributed by atoms with Gasteiger partial charge in [-0.1, -0.05) is 17.4 Å². The fraction of sp³-hybridized carbons (Fsp3) is 0.167. The molecule has 0 atom stereocenters. The van der Waals surface area contributed by atoms with E-state index in [4.69, 9.17) is 0 Å². The third kappa shape index (κ3) is 2.53. The van der Waals surface area contributed by atoms with Gasteiger partial charge in [0, 0.05) is 42.9 Å². The highest BCUT2D eigenvalue weighted by molar-refractivity contribution is 7.20. The Morgan fingerprint density at radius 3 is 3.04 bits per heavy atom. The van der Waals surface area contributed by atoms with Crippen LogP contribution in [-0.4, -0.2) is 33.2 Å². The van der Waals surface area contributed by atoms with Gasteiger partial charge in [0.1, 0.15) is 0 Å². The fourth-order valence-electron chi connectivity index (χ4n) is 3.14. The van der Waals surface area contributed by atoms with E-state index < -0.39 is 0 Å². The standard InChI is InChI=1S/C18H16N6S/c1-23-8-6-12-4-5-14(9-16(12)23)20-17-22-24-11-15(21-18(24)25-17)13-3-2-7-19-10-13/h2-5,7,9-11H,6,8H2,1H3,(H,20,22). The maximum Gasteiger partial charge on any atom is 0.214 e. The number of hydrogen-bond acceptors (Lipinski definition) is 6. The average molecular weight is 348 g/mol. The van der Waals surface area contributed by atoms with Gasteiger partial charge >= 0.3 is 0 Å². The van der Waals surface area contributed by atoms with Crippen LogP contribution in [0.2, 0.25) is 0 Å². The third-order valence-corrected chi connectivity index (χ3v) is 5.30. The molecular formula is C18H16N6S. The molecule has 1 N–H and O–H groups in total. The first-order valence-corrected chi connectivity index (χ1v) is 8.96. The van der Waals surface area contributed by atoms with Crippen LogP contribution in [0.4, 0.5) is 16.5 Å². The van der Waals surface area contributed by atoms with E-state index in [-0.39, 0.29) is 0 Å². The number of anilines is 3. The highest BCUT2D eigenvalue weighted by Crippen LogP contribution is 2.32. The zero-order chi connectivity index (χ0) is 16.8. The lowest BCUT2D eigenvalue weighted by Crippen LogP contribution is -2.12. The molecule has 0 radical (unpaired) electrons. The lowest BCUT2D eigenvalue weighted by Gasteiger charge is -2.13. The second-order valence-electron chi connectivity index (χ2n) is 6.14. The van der Waals surface area contributed by atoms with Gasteiger partial charge in [-0.2, -0.15) is 0 Å². The van der Waals surface area contributed by atoms with Crippen LogP contribution in [0.1, 0.15) is 5.56 Å². The summed E-state index contributed by atoms with van der Waals surface area (Å²) in [5, 5.41) is 8.82. The molecular weight excluding hydrogens is 332 g/mol. The van der Waals surface area contributed by atoms with Gasteiger partial charge in [-0.3, -0.25) is 4.98 Å². The molecule has 7 heteroatoms. The van der Waals surface area contributed by atoms with Crippen LogP contribution in [0.15, 0.2) is 48.9 Å². The summed E-state index contributed by atoms with van der Waals surface area (Å²) in [6.07, 6.45) is 6.63. The van der Waals surface area contributed by atoms with E-state index in [0.29, 0.717) is 0 Å². The number of imidazole rings is 1. The summed E-state index contributed by atoms with van der Waals surface area (Å²) < 4.78 is 1.81. The number of likely N-dealkylation sites (N-methyl/N-ethyl adjacent to an activating group) is 1. The van der Waals surface area contributed by atoms with E-state index in [1.54, 1.807) is 6.20 Å². The van der Waals surface area contributed by atoms with Crippen molar-refractivity contribution in [1.29, 1.82) is 0 Å². The topological polar surface area (TPSA) is 58.4 Å². The molecule has 0 bridgehead atoms. The molecule has 0 amide bonds. The molecule has 5 rings (SSSR count). The van der Waals surface area contributed by atoms with Crippen molar-refractivity contribution in [2.75, 3.05) is 23.8 Å². The lowest BCUT2D eigenvalue weighted by molar-refractivity contribution is 0.956. The first-order valence-electron chi connectivity index (χ1n) is 8.14. The Kier molecular flexibility index (Phi) is 3.21. The summed E-state index contributed by atoms with van der Waals surface area (Å²) in [5.74, 6) is 0. The molecule has 4 heterocycles. The minimum Gasteiger partial charge on any atom is -0.374 e. The normalized spacial score (nSPS) is 13.4. The Morgan fingerprint density at radius 2 is 2.20 bits per heavy atom. The molecule has 0 spiro atoms. The number of nitrogens with one attached hydrogen (secondary N) is 1. The molecule has 0 saturated carbocycles. The van der Waals surface area contributed by atoms with Crippen molar-refractivity contribution in [2.24, 2.45) is 0 Å². The van der Waals surface area contributed by atoms with Crippen molar-refractivity contribution in [3.05, 3.63) is 54.5 Å². The Bertz CT molecular complexity index is 1020. The molecule has 1 aliphatic heterocycles. The van der Waals surface area contributed by atoms with Gasteiger partial charge in [-0.25, -0.2) is 9.50 Å². The highest BCUT2D eigenvalue weighted by Gasteiger charge is 2.16. The van der Waals surface area contributed by atoms with Crippen molar-refractivity contribution >= 4 is 32.8 Å². The maximum absolute atomic E-state index is 4.65. The summed E-state index contributed by atoms with van der Waals surface area (Å²) in [4.78, 5) is 11.9. The first-order chi connectivity index (χ1) is 12.3. The second kappa shape index (κ2) is 5.56. The largest absolute Gasteiger partial charge is 0.374 e. The number of rotatable bonds is 3. The quantitative estimate of drug-likeness (QED) is 0.613.